The molecule has 1 heterocycles. The second kappa shape index (κ2) is 5.14. The first kappa shape index (κ1) is 11.9. The lowest BCUT2D eigenvalue weighted by atomic mass is 10.1. The van der Waals surface area contributed by atoms with Gasteiger partial charge in [-0.3, -0.25) is 0 Å². The highest BCUT2D eigenvalue weighted by Gasteiger charge is 2.22. The van der Waals surface area contributed by atoms with E-state index < -0.39 is 11.9 Å². The van der Waals surface area contributed by atoms with Crippen LogP contribution in [0, 0.1) is 5.82 Å². The number of aliphatic hydroxyl groups is 1. The molecule has 0 aliphatic carbocycles. The van der Waals surface area contributed by atoms with Gasteiger partial charge in [-0.1, -0.05) is 12.1 Å². The number of β-amino-alcohol motifs (C(OH)–C–C–N with tert-alkyl or cyclic N) is 1. The fraction of sp³-hybridized carbons (Fsp3) is 0.417. The molecule has 5 heteroatoms. The van der Waals surface area contributed by atoms with E-state index in [1.165, 1.54) is 17.0 Å². The molecule has 1 aromatic rings. The van der Waals surface area contributed by atoms with Crippen molar-refractivity contribution in [2.45, 2.75) is 18.9 Å². The summed E-state index contributed by atoms with van der Waals surface area (Å²) < 4.78 is 13.3. The van der Waals surface area contributed by atoms with E-state index in [-0.39, 0.29) is 11.7 Å². The lowest BCUT2D eigenvalue weighted by Gasteiger charge is -2.30. The van der Waals surface area contributed by atoms with Gasteiger partial charge in [-0.25, -0.2) is 9.18 Å². The van der Waals surface area contributed by atoms with Gasteiger partial charge in [-0.15, -0.1) is 0 Å². The fourth-order valence-corrected chi connectivity index (χ4v) is 1.90. The van der Waals surface area contributed by atoms with Gasteiger partial charge in [0, 0.05) is 13.1 Å². The SMILES string of the molecule is O=C(Nc1ccccc1F)N1CCC[C@H](O)C1. The van der Waals surface area contributed by atoms with Crippen LogP contribution in [-0.2, 0) is 0 Å². The molecule has 92 valence electrons. The van der Waals surface area contributed by atoms with Gasteiger partial charge >= 0.3 is 6.03 Å². The summed E-state index contributed by atoms with van der Waals surface area (Å²) in [4.78, 5) is 13.3. The molecule has 0 radical (unpaired) electrons. The standard InChI is InChI=1S/C12H15FN2O2/c13-10-5-1-2-6-11(10)14-12(17)15-7-3-4-9(16)8-15/h1-2,5-6,9,16H,3-4,7-8H2,(H,14,17)/t9-/m0/s1. The predicted octanol–water partition coefficient (Wildman–Crippen LogP) is 1.81. The first-order valence-corrected chi connectivity index (χ1v) is 5.65. The van der Waals surface area contributed by atoms with Crippen molar-refractivity contribution in [2.24, 2.45) is 0 Å². The van der Waals surface area contributed by atoms with Crippen molar-refractivity contribution < 1.29 is 14.3 Å². The second-order valence-electron chi connectivity index (χ2n) is 4.15. The molecule has 2 amide bonds. The predicted molar refractivity (Wildman–Crippen MR) is 62.2 cm³/mol. The van der Waals surface area contributed by atoms with Crippen molar-refractivity contribution in [1.82, 2.24) is 4.90 Å². The quantitative estimate of drug-likeness (QED) is 0.784. The second-order valence-corrected chi connectivity index (χ2v) is 4.15. The van der Waals surface area contributed by atoms with E-state index in [1.54, 1.807) is 12.1 Å². The molecule has 1 fully saturated rings. The Balaban J connectivity index is 1.99. The third kappa shape index (κ3) is 2.94. The maximum atomic E-state index is 13.3. The number of benzene rings is 1. The highest BCUT2D eigenvalue weighted by Crippen LogP contribution is 2.15. The molecular weight excluding hydrogens is 223 g/mol. The van der Waals surface area contributed by atoms with Crippen molar-refractivity contribution in [3.8, 4) is 0 Å². The number of rotatable bonds is 1. The summed E-state index contributed by atoms with van der Waals surface area (Å²) in [5, 5.41) is 12.0. The zero-order valence-electron chi connectivity index (χ0n) is 9.40. The third-order valence-corrected chi connectivity index (χ3v) is 2.80. The maximum absolute atomic E-state index is 13.3. The van der Waals surface area contributed by atoms with Gasteiger partial charge in [0.05, 0.1) is 11.8 Å². The summed E-state index contributed by atoms with van der Waals surface area (Å²) in [5.41, 5.74) is 0.164. The van der Waals surface area contributed by atoms with Crippen molar-refractivity contribution in [3.05, 3.63) is 30.1 Å². The zero-order valence-corrected chi connectivity index (χ0v) is 9.40. The van der Waals surface area contributed by atoms with Crippen LogP contribution in [0.5, 0.6) is 0 Å². The van der Waals surface area contributed by atoms with Gasteiger partial charge in [0.25, 0.3) is 0 Å². The molecular formula is C12H15FN2O2. The molecule has 0 unspecified atom stereocenters. The van der Waals surface area contributed by atoms with Crippen LogP contribution in [0.25, 0.3) is 0 Å². The van der Waals surface area contributed by atoms with Crippen molar-refractivity contribution in [3.63, 3.8) is 0 Å². The molecule has 4 nitrogen and oxygen atoms in total. The molecule has 0 saturated carbocycles. The number of amides is 2. The molecule has 0 spiro atoms. The van der Waals surface area contributed by atoms with Crippen LogP contribution in [0.1, 0.15) is 12.8 Å². The molecule has 2 rings (SSSR count). The van der Waals surface area contributed by atoms with Crippen molar-refractivity contribution in [2.75, 3.05) is 18.4 Å². The average molecular weight is 238 g/mol. The number of carbonyl (C=O) groups excluding carboxylic acids is 1. The van der Waals surface area contributed by atoms with E-state index in [0.29, 0.717) is 19.5 Å². The number of urea groups is 1. The normalized spacial score (nSPS) is 20.1. The zero-order chi connectivity index (χ0) is 12.3. The number of aliphatic hydroxyl groups excluding tert-OH is 1. The monoisotopic (exact) mass is 238 g/mol. The van der Waals surface area contributed by atoms with Crippen molar-refractivity contribution in [1.29, 1.82) is 0 Å². The largest absolute Gasteiger partial charge is 0.391 e. The van der Waals surface area contributed by atoms with Gasteiger partial charge in [-0.2, -0.15) is 0 Å². The van der Waals surface area contributed by atoms with Crippen LogP contribution >= 0.6 is 0 Å². The molecule has 0 bridgehead atoms. The number of piperidine rings is 1. The molecule has 1 aliphatic rings. The number of hydrogen-bond acceptors (Lipinski definition) is 2. The maximum Gasteiger partial charge on any atom is 0.322 e. The lowest BCUT2D eigenvalue weighted by molar-refractivity contribution is 0.0883. The van der Waals surface area contributed by atoms with E-state index in [2.05, 4.69) is 5.32 Å². The number of hydrogen-bond donors (Lipinski definition) is 2. The van der Waals surface area contributed by atoms with Gasteiger partial charge in [0.15, 0.2) is 0 Å². The highest BCUT2D eigenvalue weighted by molar-refractivity contribution is 5.89. The number of carbonyl (C=O) groups is 1. The Hall–Kier alpha value is -1.62. The Labute approximate surface area is 99.0 Å². The Morgan fingerprint density at radius 2 is 2.24 bits per heavy atom. The number of halogens is 1. The topological polar surface area (TPSA) is 52.6 Å². The first-order chi connectivity index (χ1) is 8.16. The molecule has 1 aromatic carbocycles. The van der Waals surface area contributed by atoms with E-state index >= 15 is 0 Å². The van der Waals surface area contributed by atoms with E-state index in [0.717, 1.165) is 6.42 Å². The molecule has 1 aliphatic heterocycles. The lowest BCUT2D eigenvalue weighted by Crippen LogP contribution is -2.44. The van der Waals surface area contributed by atoms with Crippen LogP contribution in [0.3, 0.4) is 0 Å². The summed E-state index contributed by atoms with van der Waals surface area (Å²) in [7, 11) is 0. The van der Waals surface area contributed by atoms with Crippen LogP contribution < -0.4 is 5.32 Å². The minimum atomic E-state index is -0.477. The summed E-state index contributed by atoms with van der Waals surface area (Å²) in [6, 6.07) is 5.65. The molecule has 1 atom stereocenters. The minimum absolute atomic E-state index is 0.164. The summed E-state index contributed by atoms with van der Waals surface area (Å²) >= 11 is 0. The molecule has 0 aromatic heterocycles. The molecule has 1 saturated heterocycles. The van der Waals surface area contributed by atoms with Gasteiger partial charge < -0.3 is 15.3 Å². The van der Waals surface area contributed by atoms with Crippen LogP contribution in [0.15, 0.2) is 24.3 Å². The van der Waals surface area contributed by atoms with Crippen LogP contribution in [-0.4, -0.2) is 35.2 Å². The van der Waals surface area contributed by atoms with Gasteiger partial charge in [0.1, 0.15) is 5.82 Å². The van der Waals surface area contributed by atoms with Crippen molar-refractivity contribution >= 4 is 11.7 Å². The summed E-state index contributed by atoms with van der Waals surface area (Å²) in [5.74, 6) is -0.460. The smallest absolute Gasteiger partial charge is 0.322 e. The number of anilines is 1. The van der Waals surface area contributed by atoms with Crippen LogP contribution in [0.4, 0.5) is 14.9 Å². The van der Waals surface area contributed by atoms with E-state index in [1.807, 2.05) is 0 Å². The number of para-hydroxylation sites is 1. The van der Waals surface area contributed by atoms with E-state index in [4.69, 9.17) is 0 Å². The first-order valence-electron chi connectivity index (χ1n) is 5.65. The number of nitrogens with zero attached hydrogens (tertiary/aromatic N) is 1. The fourth-order valence-electron chi connectivity index (χ4n) is 1.90. The van der Waals surface area contributed by atoms with Gasteiger partial charge in [0.2, 0.25) is 0 Å². The highest BCUT2D eigenvalue weighted by atomic mass is 19.1. The minimum Gasteiger partial charge on any atom is -0.391 e. The molecule has 2 N–H and O–H groups in total. The average Bonchev–Trinajstić information content (AvgIpc) is 2.32. The molecule has 17 heavy (non-hydrogen) atoms. The van der Waals surface area contributed by atoms with E-state index in [9.17, 15) is 14.3 Å². The number of nitrogens with one attached hydrogen (secondary N) is 1. The Morgan fingerprint density at radius 1 is 1.47 bits per heavy atom. The summed E-state index contributed by atoms with van der Waals surface area (Å²) in [6.45, 7) is 0.900. The van der Waals surface area contributed by atoms with Gasteiger partial charge in [-0.05, 0) is 25.0 Å². The Kier molecular flexibility index (Phi) is 3.58. The number of likely N-dealkylation sites (tertiary alicyclic amines) is 1. The third-order valence-electron chi connectivity index (χ3n) is 2.80. The van der Waals surface area contributed by atoms with Crippen LogP contribution in [0.2, 0.25) is 0 Å². The Morgan fingerprint density at radius 3 is 2.94 bits per heavy atom. The Bertz CT molecular complexity index is 411. The summed E-state index contributed by atoms with van der Waals surface area (Å²) in [6.07, 6.45) is 1.00.